The highest BCUT2D eigenvalue weighted by Crippen LogP contribution is 2.24. The number of halogens is 1. The molecule has 0 radical (unpaired) electrons. The van der Waals surface area contributed by atoms with Gasteiger partial charge in [-0.2, -0.15) is 4.52 Å². The van der Waals surface area contributed by atoms with E-state index >= 15 is 0 Å². The van der Waals surface area contributed by atoms with Gasteiger partial charge in [-0.15, -0.1) is 5.10 Å². The van der Waals surface area contributed by atoms with Crippen LogP contribution in [0, 0.1) is 0 Å². The van der Waals surface area contributed by atoms with Crippen molar-refractivity contribution >= 4 is 39.9 Å². The van der Waals surface area contributed by atoms with E-state index < -0.39 is 0 Å². The Hall–Kier alpha value is -2.41. The standard InChI is InChI=1S/C12H11ClN6O/c1-2-15-12(20)9-11-16-10(14)7-5-6(13)3-4-8(7)19(11)18-17-9/h3-5H,2H2,1H3,(H2,14,16)(H,15,20). The predicted molar refractivity (Wildman–Crippen MR) is 75.7 cm³/mol. The maximum absolute atomic E-state index is 11.9. The zero-order chi connectivity index (χ0) is 14.3. The molecule has 0 aliphatic heterocycles. The van der Waals surface area contributed by atoms with Crippen molar-refractivity contribution in [2.45, 2.75) is 6.92 Å². The minimum Gasteiger partial charge on any atom is -0.383 e. The second-order valence-corrected chi connectivity index (χ2v) is 4.63. The van der Waals surface area contributed by atoms with Gasteiger partial charge in [-0.05, 0) is 25.1 Å². The number of hydrogen-bond acceptors (Lipinski definition) is 5. The van der Waals surface area contributed by atoms with E-state index in [1.54, 1.807) is 18.2 Å². The Balaban J connectivity index is 2.32. The van der Waals surface area contributed by atoms with E-state index in [2.05, 4.69) is 20.6 Å². The summed E-state index contributed by atoms with van der Waals surface area (Å²) in [5, 5.41) is 11.7. The number of amides is 1. The van der Waals surface area contributed by atoms with Crippen LogP contribution in [-0.2, 0) is 0 Å². The van der Waals surface area contributed by atoms with Gasteiger partial charge in [0.05, 0.1) is 5.52 Å². The Labute approximate surface area is 118 Å². The number of aromatic nitrogens is 4. The van der Waals surface area contributed by atoms with Crippen LogP contribution in [0.4, 0.5) is 5.82 Å². The van der Waals surface area contributed by atoms with Gasteiger partial charge in [-0.1, -0.05) is 16.8 Å². The van der Waals surface area contributed by atoms with Crippen molar-refractivity contribution < 1.29 is 4.79 Å². The highest BCUT2D eigenvalue weighted by molar-refractivity contribution is 6.31. The van der Waals surface area contributed by atoms with Crippen molar-refractivity contribution in [2.75, 3.05) is 12.3 Å². The average Bonchev–Trinajstić information content (AvgIpc) is 2.83. The van der Waals surface area contributed by atoms with Crippen molar-refractivity contribution in [2.24, 2.45) is 0 Å². The number of nitrogen functional groups attached to an aromatic ring is 1. The third kappa shape index (κ3) is 1.83. The molecule has 0 unspecified atom stereocenters. The highest BCUT2D eigenvalue weighted by Gasteiger charge is 2.18. The predicted octanol–water partition coefficient (Wildman–Crippen LogP) is 1.26. The fourth-order valence-electron chi connectivity index (χ4n) is 2.00. The molecule has 0 fully saturated rings. The summed E-state index contributed by atoms with van der Waals surface area (Å²) in [6, 6.07) is 5.18. The minimum absolute atomic E-state index is 0.149. The summed E-state index contributed by atoms with van der Waals surface area (Å²) in [6.45, 7) is 2.32. The van der Waals surface area contributed by atoms with Gasteiger partial charge in [0.2, 0.25) is 0 Å². The number of fused-ring (bicyclic) bond motifs is 3. The van der Waals surface area contributed by atoms with Gasteiger partial charge in [-0.3, -0.25) is 4.79 Å². The molecule has 0 saturated heterocycles. The van der Waals surface area contributed by atoms with E-state index in [0.29, 0.717) is 28.1 Å². The van der Waals surface area contributed by atoms with E-state index in [1.807, 2.05) is 6.92 Å². The molecule has 0 saturated carbocycles. The molecule has 2 heterocycles. The first-order valence-corrected chi connectivity index (χ1v) is 6.38. The van der Waals surface area contributed by atoms with Crippen molar-refractivity contribution in [3.8, 4) is 0 Å². The molecule has 1 amide bonds. The van der Waals surface area contributed by atoms with E-state index in [4.69, 9.17) is 17.3 Å². The number of carbonyl (C=O) groups excluding carboxylic acids is 1. The topological polar surface area (TPSA) is 98.2 Å². The molecule has 2 aromatic heterocycles. The molecule has 102 valence electrons. The second kappa shape index (κ2) is 4.61. The molecule has 0 bridgehead atoms. The molecule has 0 atom stereocenters. The SMILES string of the molecule is CCNC(=O)c1nnn2c1nc(N)c1cc(Cl)ccc12. The number of carbonyl (C=O) groups is 1. The van der Waals surface area contributed by atoms with Crippen molar-refractivity contribution in [1.29, 1.82) is 0 Å². The van der Waals surface area contributed by atoms with E-state index in [9.17, 15) is 4.79 Å². The molecule has 0 spiro atoms. The molecule has 0 aliphatic carbocycles. The average molecular weight is 291 g/mol. The number of anilines is 1. The number of benzene rings is 1. The van der Waals surface area contributed by atoms with Gasteiger partial charge < -0.3 is 11.1 Å². The van der Waals surface area contributed by atoms with Crippen LogP contribution < -0.4 is 11.1 Å². The molecular weight excluding hydrogens is 280 g/mol. The lowest BCUT2D eigenvalue weighted by Gasteiger charge is -2.04. The van der Waals surface area contributed by atoms with Crippen LogP contribution in [-0.4, -0.2) is 32.3 Å². The third-order valence-electron chi connectivity index (χ3n) is 2.89. The Kier molecular flexibility index (Phi) is 2.90. The van der Waals surface area contributed by atoms with Crippen molar-refractivity contribution in [3.05, 3.63) is 28.9 Å². The Morgan fingerprint density at radius 1 is 1.50 bits per heavy atom. The van der Waals surface area contributed by atoms with Crippen LogP contribution in [0.5, 0.6) is 0 Å². The summed E-state index contributed by atoms with van der Waals surface area (Å²) in [6.07, 6.45) is 0. The summed E-state index contributed by atoms with van der Waals surface area (Å²) in [5.74, 6) is -0.0504. The summed E-state index contributed by atoms with van der Waals surface area (Å²) in [5.41, 5.74) is 7.09. The molecular formula is C12H11ClN6O. The quantitative estimate of drug-likeness (QED) is 0.740. The third-order valence-corrected chi connectivity index (χ3v) is 3.12. The van der Waals surface area contributed by atoms with Gasteiger partial charge in [0.25, 0.3) is 5.91 Å². The molecule has 8 heteroatoms. The Bertz CT molecular complexity index is 828. The van der Waals surface area contributed by atoms with E-state index in [1.165, 1.54) is 4.52 Å². The van der Waals surface area contributed by atoms with Crippen molar-refractivity contribution in [3.63, 3.8) is 0 Å². The first-order chi connectivity index (χ1) is 9.61. The fourth-order valence-corrected chi connectivity index (χ4v) is 2.18. The molecule has 0 aliphatic rings. The Morgan fingerprint density at radius 3 is 3.05 bits per heavy atom. The first-order valence-electron chi connectivity index (χ1n) is 6.00. The lowest BCUT2D eigenvalue weighted by atomic mass is 10.2. The molecule has 1 aromatic carbocycles. The van der Waals surface area contributed by atoms with Crippen LogP contribution in [0.1, 0.15) is 17.4 Å². The van der Waals surface area contributed by atoms with Crippen LogP contribution in [0.3, 0.4) is 0 Å². The number of nitrogens with one attached hydrogen (secondary N) is 1. The monoisotopic (exact) mass is 290 g/mol. The fraction of sp³-hybridized carbons (Fsp3) is 0.167. The van der Waals surface area contributed by atoms with Crippen LogP contribution >= 0.6 is 11.6 Å². The highest BCUT2D eigenvalue weighted by atomic mass is 35.5. The molecule has 3 N–H and O–H groups in total. The number of hydrogen-bond donors (Lipinski definition) is 2. The van der Waals surface area contributed by atoms with Crippen LogP contribution in [0.15, 0.2) is 18.2 Å². The summed E-state index contributed by atoms with van der Waals surface area (Å²) in [4.78, 5) is 16.1. The Morgan fingerprint density at radius 2 is 2.30 bits per heavy atom. The van der Waals surface area contributed by atoms with Crippen LogP contribution in [0.25, 0.3) is 16.6 Å². The smallest absolute Gasteiger partial charge is 0.275 e. The van der Waals surface area contributed by atoms with Crippen LogP contribution in [0.2, 0.25) is 5.02 Å². The molecule has 3 rings (SSSR count). The van der Waals surface area contributed by atoms with Gasteiger partial charge in [0.1, 0.15) is 5.82 Å². The first kappa shape index (κ1) is 12.6. The largest absolute Gasteiger partial charge is 0.383 e. The summed E-state index contributed by atoms with van der Waals surface area (Å²) < 4.78 is 1.48. The maximum atomic E-state index is 11.9. The van der Waals surface area contributed by atoms with E-state index in [0.717, 1.165) is 0 Å². The normalized spacial score (nSPS) is 11.1. The number of nitrogens with zero attached hydrogens (tertiary/aromatic N) is 4. The van der Waals surface area contributed by atoms with Gasteiger partial charge in [0, 0.05) is 17.0 Å². The molecule has 20 heavy (non-hydrogen) atoms. The van der Waals surface area contributed by atoms with E-state index in [-0.39, 0.29) is 17.4 Å². The summed E-state index contributed by atoms with van der Waals surface area (Å²) in [7, 11) is 0. The molecule has 3 aromatic rings. The van der Waals surface area contributed by atoms with Gasteiger partial charge >= 0.3 is 0 Å². The molecule has 7 nitrogen and oxygen atoms in total. The summed E-state index contributed by atoms with van der Waals surface area (Å²) >= 11 is 5.95. The van der Waals surface area contributed by atoms with Gasteiger partial charge in [0.15, 0.2) is 11.3 Å². The van der Waals surface area contributed by atoms with Gasteiger partial charge in [-0.25, -0.2) is 4.98 Å². The minimum atomic E-state index is -0.331. The maximum Gasteiger partial charge on any atom is 0.275 e. The lowest BCUT2D eigenvalue weighted by Crippen LogP contribution is -2.23. The lowest BCUT2D eigenvalue weighted by molar-refractivity contribution is 0.0952. The zero-order valence-corrected chi connectivity index (χ0v) is 11.3. The second-order valence-electron chi connectivity index (χ2n) is 4.19. The van der Waals surface area contributed by atoms with Crippen molar-refractivity contribution in [1.82, 2.24) is 25.1 Å². The zero-order valence-electron chi connectivity index (χ0n) is 10.6. The number of rotatable bonds is 2. The number of nitrogens with two attached hydrogens (primary N) is 1.